The molecule has 0 aromatic carbocycles. The zero-order valence-corrected chi connectivity index (χ0v) is 3.46. The zero-order valence-electron chi connectivity index (χ0n) is 3.46. The predicted octanol–water partition coefficient (Wildman–Crippen LogP) is -0.144. The summed E-state index contributed by atoms with van der Waals surface area (Å²) in [6.07, 6.45) is 0.748. The molecule has 1 aliphatic heterocycles. The zero-order chi connectivity index (χ0) is 5.28. The SMILES string of the molecule is [O]C1OC=CC1=O. The van der Waals surface area contributed by atoms with Crippen LogP contribution in [-0.4, -0.2) is 12.1 Å². The molecule has 0 aromatic rings. The molecule has 1 unspecified atom stereocenters. The van der Waals surface area contributed by atoms with Gasteiger partial charge in [0.05, 0.1) is 6.26 Å². The summed E-state index contributed by atoms with van der Waals surface area (Å²) in [4.78, 5) is 10.0. The molecule has 0 N–H and O–H groups in total. The van der Waals surface area contributed by atoms with Gasteiger partial charge in [0.1, 0.15) is 0 Å². The van der Waals surface area contributed by atoms with Gasteiger partial charge < -0.3 is 4.74 Å². The van der Waals surface area contributed by atoms with Crippen molar-refractivity contribution in [1.29, 1.82) is 0 Å². The van der Waals surface area contributed by atoms with E-state index < -0.39 is 12.1 Å². The van der Waals surface area contributed by atoms with Gasteiger partial charge in [-0.25, -0.2) is 0 Å². The van der Waals surface area contributed by atoms with Crippen molar-refractivity contribution in [1.82, 2.24) is 0 Å². The third-order valence-corrected chi connectivity index (χ3v) is 0.667. The van der Waals surface area contributed by atoms with Gasteiger partial charge in [0.25, 0.3) is 6.29 Å². The van der Waals surface area contributed by atoms with Crippen LogP contribution in [0, 0.1) is 0 Å². The van der Waals surface area contributed by atoms with Crippen molar-refractivity contribution in [3.8, 4) is 0 Å². The minimum Gasteiger partial charge on any atom is -0.462 e. The van der Waals surface area contributed by atoms with Crippen LogP contribution in [0.25, 0.3) is 0 Å². The maximum atomic E-state index is 10.0. The van der Waals surface area contributed by atoms with Crippen LogP contribution in [0.1, 0.15) is 0 Å². The van der Waals surface area contributed by atoms with E-state index in [2.05, 4.69) is 4.74 Å². The fourth-order valence-corrected chi connectivity index (χ4v) is 0.323. The Morgan fingerprint density at radius 2 is 2.43 bits per heavy atom. The summed E-state index contributed by atoms with van der Waals surface area (Å²) < 4.78 is 4.18. The summed E-state index contributed by atoms with van der Waals surface area (Å²) in [5.41, 5.74) is 0. The fraction of sp³-hybridized carbons (Fsp3) is 0.250. The van der Waals surface area contributed by atoms with Gasteiger partial charge in [0.2, 0.25) is 5.78 Å². The Balaban J connectivity index is 2.62. The highest BCUT2D eigenvalue weighted by Gasteiger charge is 2.18. The van der Waals surface area contributed by atoms with Gasteiger partial charge in [-0.3, -0.25) is 4.79 Å². The predicted molar refractivity (Wildman–Crippen MR) is 19.7 cm³/mol. The molecule has 1 atom stereocenters. The normalized spacial score (nSPS) is 28.1. The topological polar surface area (TPSA) is 46.2 Å². The molecule has 0 amide bonds. The van der Waals surface area contributed by atoms with E-state index in [0.717, 1.165) is 12.3 Å². The molecule has 1 radical (unpaired) electrons. The van der Waals surface area contributed by atoms with E-state index in [1.807, 2.05) is 0 Å². The maximum Gasteiger partial charge on any atom is 0.292 e. The van der Waals surface area contributed by atoms with E-state index >= 15 is 0 Å². The highest BCUT2D eigenvalue weighted by Crippen LogP contribution is 1.99. The Morgan fingerprint density at radius 1 is 1.71 bits per heavy atom. The number of rotatable bonds is 0. The summed E-state index contributed by atoms with van der Waals surface area (Å²) in [5, 5.41) is 10.0. The Morgan fingerprint density at radius 3 is 2.57 bits per heavy atom. The first-order chi connectivity index (χ1) is 3.30. The first kappa shape index (κ1) is 4.33. The van der Waals surface area contributed by atoms with Crippen molar-refractivity contribution in [3.05, 3.63) is 12.3 Å². The molecule has 37 valence electrons. The molecule has 0 bridgehead atoms. The van der Waals surface area contributed by atoms with Crippen molar-refractivity contribution in [2.45, 2.75) is 6.29 Å². The second-order valence-electron chi connectivity index (χ2n) is 1.17. The molecule has 0 spiro atoms. The Labute approximate surface area is 40.2 Å². The van der Waals surface area contributed by atoms with E-state index in [9.17, 15) is 9.90 Å². The minimum absolute atomic E-state index is 0.500. The van der Waals surface area contributed by atoms with E-state index in [1.54, 1.807) is 0 Å². The van der Waals surface area contributed by atoms with Crippen molar-refractivity contribution < 1.29 is 14.6 Å². The van der Waals surface area contributed by atoms with Crippen LogP contribution in [-0.2, 0) is 14.6 Å². The molecule has 1 rings (SSSR count). The fourth-order valence-electron chi connectivity index (χ4n) is 0.323. The molecular weight excluding hydrogens is 96.0 g/mol. The van der Waals surface area contributed by atoms with Crippen molar-refractivity contribution in [2.75, 3.05) is 0 Å². The van der Waals surface area contributed by atoms with Gasteiger partial charge in [-0.1, -0.05) is 0 Å². The van der Waals surface area contributed by atoms with Gasteiger partial charge in [-0.15, -0.1) is 0 Å². The third-order valence-electron chi connectivity index (χ3n) is 0.667. The van der Waals surface area contributed by atoms with E-state index in [1.165, 1.54) is 0 Å². The molecule has 0 saturated carbocycles. The first-order valence-electron chi connectivity index (χ1n) is 1.82. The van der Waals surface area contributed by atoms with Crippen LogP contribution in [0.15, 0.2) is 12.3 Å². The third kappa shape index (κ3) is 0.618. The summed E-state index contributed by atoms with van der Waals surface area (Å²) in [5.74, 6) is -0.500. The summed E-state index contributed by atoms with van der Waals surface area (Å²) in [6, 6.07) is 0. The van der Waals surface area contributed by atoms with Gasteiger partial charge in [0, 0.05) is 6.08 Å². The molecule has 3 heteroatoms. The summed E-state index contributed by atoms with van der Waals surface area (Å²) in [6.45, 7) is 0. The average Bonchev–Trinajstić information content (AvgIpc) is 1.91. The Hall–Kier alpha value is -0.830. The number of ether oxygens (including phenoxy) is 1. The van der Waals surface area contributed by atoms with Crippen LogP contribution >= 0.6 is 0 Å². The van der Waals surface area contributed by atoms with Crippen molar-refractivity contribution >= 4 is 5.78 Å². The van der Waals surface area contributed by atoms with Crippen LogP contribution < -0.4 is 0 Å². The van der Waals surface area contributed by atoms with E-state index in [0.29, 0.717) is 0 Å². The van der Waals surface area contributed by atoms with Gasteiger partial charge in [-0.2, -0.15) is 5.11 Å². The second kappa shape index (κ2) is 1.35. The van der Waals surface area contributed by atoms with E-state index in [4.69, 9.17) is 0 Å². The highest BCUT2D eigenvalue weighted by atomic mass is 16.6. The summed E-state index contributed by atoms with van der Waals surface area (Å²) >= 11 is 0. The van der Waals surface area contributed by atoms with Crippen molar-refractivity contribution in [3.63, 3.8) is 0 Å². The minimum atomic E-state index is -1.49. The molecule has 1 heterocycles. The molecule has 1 aliphatic rings. The van der Waals surface area contributed by atoms with E-state index in [-0.39, 0.29) is 0 Å². The van der Waals surface area contributed by atoms with Crippen LogP contribution in [0.5, 0.6) is 0 Å². The molecule has 0 aromatic heterocycles. The maximum absolute atomic E-state index is 10.0. The van der Waals surface area contributed by atoms with Crippen molar-refractivity contribution in [2.24, 2.45) is 0 Å². The number of hydrogen-bond donors (Lipinski definition) is 0. The molecule has 0 fully saturated rings. The lowest BCUT2D eigenvalue weighted by molar-refractivity contribution is -0.146. The van der Waals surface area contributed by atoms with Crippen LogP contribution in [0.2, 0.25) is 0 Å². The highest BCUT2D eigenvalue weighted by molar-refractivity contribution is 5.93. The standard InChI is InChI=1S/C4H3O3/c5-3-1-2-7-4(3)6/h1-2,4H. The molecule has 7 heavy (non-hydrogen) atoms. The smallest absolute Gasteiger partial charge is 0.292 e. The first-order valence-corrected chi connectivity index (χ1v) is 1.82. The van der Waals surface area contributed by atoms with Gasteiger partial charge in [0.15, 0.2) is 0 Å². The number of carbonyl (C=O) groups excluding carboxylic acids is 1. The monoisotopic (exact) mass is 99.0 g/mol. The molecule has 3 nitrogen and oxygen atoms in total. The van der Waals surface area contributed by atoms with Crippen LogP contribution in [0.3, 0.4) is 0 Å². The number of ketones is 1. The lowest BCUT2D eigenvalue weighted by Crippen LogP contribution is -2.11. The molecular formula is C4H3O3. The lowest BCUT2D eigenvalue weighted by Gasteiger charge is -1.91. The van der Waals surface area contributed by atoms with Gasteiger partial charge >= 0.3 is 0 Å². The Bertz CT molecular complexity index is 116. The van der Waals surface area contributed by atoms with Crippen LogP contribution in [0.4, 0.5) is 0 Å². The largest absolute Gasteiger partial charge is 0.462 e. The molecule has 0 saturated heterocycles. The Kier molecular flexibility index (Phi) is 0.834. The lowest BCUT2D eigenvalue weighted by atomic mass is 10.4. The molecule has 0 aliphatic carbocycles. The number of carbonyl (C=O) groups is 1. The summed E-state index contributed by atoms with van der Waals surface area (Å²) in [7, 11) is 0. The quantitative estimate of drug-likeness (QED) is 0.424. The van der Waals surface area contributed by atoms with Gasteiger partial charge in [-0.05, 0) is 0 Å². The second-order valence-corrected chi connectivity index (χ2v) is 1.17. The average molecular weight is 99.1 g/mol. The number of hydrogen-bond acceptors (Lipinski definition) is 2.